The van der Waals surface area contributed by atoms with Crippen LogP contribution in [0, 0.1) is 13.8 Å². The molecule has 0 saturated carbocycles. The van der Waals surface area contributed by atoms with Crippen LogP contribution < -0.4 is 0 Å². The Kier molecular flexibility index (Phi) is 4.57. The molecule has 0 aliphatic carbocycles. The highest BCUT2D eigenvalue weighted by Gasteiger charge is 2.08. The minimum Gasteiger partial charge on any atom is -0.253 e. The number of rotatable bonds is 5. The van der Waals surface area contributed by atoms with Crippen molar-refractivity contribution in [2.75, 3.05) is 0 Å². The molecule has 1 aromatic heterocycles. The number of aryl methyl sites for hydroxylation is 4. The van der Waals surface area contributed by atoms with E-state index in [0.29, 0.717) is 0 Å². The van der Waals surface area contributed by atoms with E-state index < -0.39 is 0 Å². The third-order valence-corrected chi connectivity index (χ3v) is 3.74. The lowest BCUT2D eigenvalue weighted by molar-refractivity contribution is 0.763. The summed E-state index contributed by atoms with van der Waals surface area (Å²) in [7, 11) is 0. The first-order valence-electron chi connectivity index (χ1n) is 7.55. The standard InChI is InChI=1S/C18H25N/c1-5-7-9-17-15(8-6-2)12-16-14(4)10-13(3)11-18(16)19-17/h10-12H,5-9H2,1-4H3. The molecule has 0 spiro atoms. The van der Waals surface area contributed by atoms with Crippen LogP contribution in [0.3, 0.4) is 0 Å². The zero-order chi connectivity index (χ0) is 13.8. The van der Waals surface area contributed by atoms with Crippen molar-refractivity contribution in [1.29, 1.82) is 0 Å². The molecule has 1 heterocycles. The fraction of sp³-hybridized carbons (Fsp3) is 0.500. The normalized spacial score (nSPS) is 11.2. The Balaban J connectivity index is 2.55. The number of fused-ring (bicyclic) bond motifs is 1. The molecule has 1 heteroatoms. The van der Waals surface area contributed by atoms with Gasteiger partial charge in [0, 0.05) is 11.1 Å². The molecule has 19 heavy (non-hydrogen) atoms. The first kappa shape index (κ1) is 14.0. The number of unbranched alkanes of at least 4 members (excludes halogenated alkanes) is 1. The van der Waals surface area contributed by atoms with Gasteiger partial charge >= 0.3 is 0 Å². The number of hydrogen-bond donors (Lipinski definition) is 0. The maximum atomic E-state index is 4.95. The summed E-state index contributed by atoms with van der Waals surface area (Å²) in [6.45, 7) is 8.84. The van der Waals surface area contributed by atoms with Gasteiger partial charge in [-0.15, -0.1) is 0 Å². The summed E-state index contributed by atoms with van der Waals surface area (Å²) in [5.41, 5.74) is 6.60. The average molecular weight is 255 g/mol. The van der Waals surface area contributed by atoms with E-state index >= 15 is 0 Å². The number of aromatic nitrogens is 1. The number of pyridine rings is 1. The molecule has 1 nitrogen and oxygen atoms in total. The van der Waals surface area contributed by atoms with E-state index in [1.807, 2.05) is 0 Å². The maximum absolute atomic E-state index is 4.95. The van der Waals surface area contributed by atoms with E-state index in [9.17, 15) is 0 Å². The molecule has 0 bridgehead atoms. The SMILES string of the molecule is CCCCc1nc2cc(C)cc(C)c2cc1CCC. The molecular weight excluding hydrogens is 230 g/mol. The van der Waals surface area contributed by atoms with Crippen LogP contribution in [-0.4, -0.2) is 4.98 Å². The van der Waals surface area contributed by atoms with Crippen molar-refractivity contribution in [2.45, 2.75) is 59.8 Å². The van der Waals surface area contributed by atoms with E-state index in [2.05, 4.69) is 45.9 Å². The molecule has 0 fully saturated rings. The van der Waals surface area contributed by atoms with E-state index in [-0.39, 0.29) is 0 Å². The first-order valence-corrected chi connectivity index (χ1v) is 7.55. The molecule has 2 rings (SSSR count). The molecule has 0 saturated heterocycles. The van der Waals surface area contributed by atoms with Crippen molar-refractivity contribution in [3.8, 4) is 0 Å². The Morgan fingerprint density at radius 1 is 0.947 bits per heavy atom. The van der Waals surface area contributed by atoms with E-state index in [0.717, 1.165) is 12.8 Å². The van der Waals surface area contributed by atoms with Crippen LogP contribution in [0.4, 0.5) is 0 Å². The van der Waals surface area contributed by atoms with E-state index in [4.69, 9.17) is 4.98 Å². The summed E-state index contributed by atoms with van der Waals surface area (Å²) >= 11 is 0. The van der Waals surface area contributed by atoms with Crippen LogP contribution in [0.25, 0.3) is 10.9 Å². The van der Waals surface area contributed by atoms with Crippen LogP contribution in [-0.2, 0) is 12.8 Å². The Morgan fingerprint density at radius 2 is 1.74 bits per heavy atom. The van der Waals surface area contributed by atoms with Gasteiger partial charge < -0.3 is 0 Å². The zero-order valence-electron chi connectivity index (χ0n) is 12.7. The van der Waals surface area contributed by atoms with Gasteiger partial charge in [-0.3, -0.25) is 4.98 Å². The van der Waals surface area contributed by atoms with Gasteiger partial charge in [-0.1, -0.05) is 32.8 Å². The monoisotopic (exact) mass is 255 g/mol. The lowest BCUT2D eigenvalue weighted by Crippen LogP contribution is -2.00. The average Bonchev–Trinajstić information content (AvgIpc) is 2.37. The Labute approximate surface area is 117 Å². The second kappa shape index (κ2) is 6.18. The first-order chi connectivity index (χ1) is 9.15. The molecule has 1 aromatic carbocycles. The number of benzene rings is 1. The number of nitrogens with zero attached hydrogens (tertiary/aromatic N) is 1. The number of hydrogen-bond acceptors (Lipinski definition) is 1. The summed E-state index contributed by atoms with van der Waals surface area (Å²) in [6, 6.07) is 6.85. The van der Waals surface area contributed by atoms with Crippen LogP contribution in [0.15, 0.2) is 18.2 Å². The molecule has 0 aliphatic heterocycles. The van der Waals surface area contributed by atoms with Crippen molar-refractivity contribution in [1.82, 2.24) is 4.98 Å². The highest BCUT2D eigenvalue weighted by Crippen LogP contribution is 2.24. The topological polar surface area (TPSA) is 12.9 Å². The minimum atomic E-state index is 1.12. The minimum absolute atomic E-state index is 1.12. The van der Waals surface area contributed by atoms with Crippen molar-refractivity contribution >= 4 is 10.9 Å². The molecule has 0 radical (unpaired) electrons. The third kappa shape index (κ3) is 3.15. The summed E-state index contributed by atoms with van der Waals surface area (Å²) in [6.07, 6.45) is 5.93. The second-order valence-corrected chi connectivity index (χ2v) is 5.60. The molecule has 0 amide bonds. The van der Waals surface area contributed by atoms with E-state index in [1.54, 1.807) is 0 Å². The third-order valence-electron chi connectivity index (χ3n) is 3.74. The largest absolute Gasteiger partial charge is 0.253 e. The molecule has 0 aliphatic rings. The predicted octanol–water partition coefficient (Wildman–Crippen LogP) is 5.15. The zero-order valence-corrected chi connectivity index (χ0v) is 12.7. The summed E-state index contributed by atoms with van der Waals surface area (Å²) < 4.78 is 0. The molecule has 0 unspecified atom stereocenters. The van der Waals surface area contributed by atoms with Gasteiger partial charge in [0.25, 0.3) is 0 Å². The van der Waals surface area contributed by atoms with Crippen LogP contribution in [0.5, 0.6) is 0 Å². The van der Waals surface area contributed by atoms with Gasteiger partial charge in [0.1, 0.15) is 0 Å². The van der Waals surface area contributed by atoms with Crippen LogP contribution >= 0.6 is 0 Å². The van der Waals surface area contributed by atoms with Crippen molar-refractivity contribution < 1.29 is 0 Å². The van der Waals surface area contributed by atoms with Crippen LogP contribution in [0.2, 0.25) is 0 Å². The summed E-state index contributed by atoms with van der Waals surface area (Å²) in [5.74, 6) is 0. The van der Waals surface area contributed by atoms with Gasteiger partial charge in [-0.05, 0) is 61.9 Å². The molecule has 102 valence electrons. The lowest BCUT2D eigenvalue weighted by Gasteiger charge is -2.12. The fourth-order valence-electron chi connectivity index (χ4n) is 2.76. The highest BCUT2D eigenvalue weighted by molar-refractivity contribution is 5.83. The Morgan fingerprint density at radius 3 is 2.42 bits per heavy atom. The van der Waals surface area contributed by atoms with Gasteiger partial charge in [0.2, 0.25) is 0 Å². The van der Waals surface area contributed by atoms with Gasteiger partial charge in [-0.2, -0.15) is 0 Å². The summed E-state index contributed by atoms with van der Waals surface area (Å²) in [5, 5.41) is 1.33. The Hall–Kier alpha value is -1.37. The van der Waals surface area contributed by atoms with Gasteiger partial charge in [-0.25, -0.2) is 0 Å². The summed E-state index contributed by atoms with van der Waals surface area (Å²) in [4.78, 5) is 4.95. The maximum Gasteiger partial charge on any atom is 0.0710 e. The molecule has 0 N–H and O–H groups in total. The van der Waals surface area contributed by atoms with Crippen molar-refractivity contribution in [2.24, 2.45) is 0 Å². The quantitative estimate of drug-likeness (QED) is 0.720. The smallest absolute Gasteiger partial charge is 0.0710 e. The Bertz CT molecular complexity index is 569. The van der Waals surface area contributed by atoms with Gasteiger partial charge in [0.05, 0.1) is 5.52 Å². The van der Waals surface area contributed by atoms with Crippen molar-refractivity contribution in [3.63, 3.8) is 0 Å². The molecule has 2 aromatic rings. The molecule has 0 atom stereocenters. The van der Waals surface area contributed by atoms with E-state index in [1.165, 1.54) is 52.5 Å². The second-order valence-electron chi connectivity index (χ2n) is 5.60. The lowest BCUT2D eigenvalue weighted by atomic mass is 9.98. The van der Waals surface area contributed by atoms with Crippen LogP contribution in [0.1, 0.15) is 55.5 Å². The fourth-order valence-corrected chi connectivity index (χ4v) is 2.76. The van der Waals surface area contributed by atoms with Gasteiger partial charge in [0.15, 0.2) is 0 Å². The predicted molar refractivity (Wildman–Crippen MR) is 83.8 cm³/mol. The highest BCUT2D eigenvalue weighted by atomic mass is 14.7. The molecular formula is C18H25N. The van der Waals surface area contributed by atoms with Crippen molar-refractivity contribution in [3.05, 3.63) is 40.6 Å².